The number of carbonyl (C=O) groups is 4. The first-order valence-corrected chi connectivity index (χ1v) is 17.3. The van der Waals surface area contributed by atoms with Crippen LogP contribution in [0.4, 0.5) is 9.59 Å². The highest BCUT2D eigenvalue weighted by molar-refractivity contribution is 5.89. The molecule has 1 aliphatic carbocycles. The fourth-order valence-electron chi connectivity index (χ4n) is 6.51. The maximum atomic E-state index is 13.6. The molecule has 53 heavy (non-hydrogen) atoms. The summed E-state index contributed by atoms with van der Waals surface area (Å²) in [6.07, 6.45) is -3.41. The van der Waals surface area contributed by atoms with Gasteiger partial charge in [-0.1, -0.05) is 48.5 Å². The summed E-state index contributed by atoms with van der Waals surface area (Å²) in [5, 5.41) is 18.4. The van der Waals surface area contributed by atoms with Gasteiger partial charge in [-0.25, -0.2) is 14.4 Å². The molecule has 0 bridgehead atoms. The van der Waals surface area contributed by atoms with Crippen molar-refractivity contribution in [3.8, 4) is 11.1 Å². The molecule has 4 amide bonds. The van der Waals surface area contributed by atoms with Crippen LogP contribution in [-0.4, -0.2) is 99.7 Å². The van der Waals surface area contributed by atoms with Crippen molar-refractivity contribution < 1.29 is 38.5 Å². The van der Waals surface area contributed by atoms with E-state index in [-0.39, 0.29) is 25.5 Å². The van der Waals surface area contributed by atoms with Gasteiger partial charge in [0.15, 0.2) is 6.23 Å². The summed E-state index contributed by atoms with van der Waals surface area (Å²) in [7, 11) is 1.43. The fraction of sp³-hybridized carbons (Fsp3) is 0.459. The van der Waals surface area contributed by atoms with Crippen LogP contribution in [-0.2, 0) is 23.8 Å². The Morgan fingerprint density at radius 2 is 1.60 bits per heavy atom. The van der Waals surface area contributed by atoms with Gasteiger partial charge in [0.1, 0.15) is 30.4 Å². The number of carbonyl (C=O) groups excluding carboxylic acids is 4. The third kappa shape index (κ3) is 9.13. The molecule has 1 saturated heterocycles. The maximum absolute atomic E-state index is 13.6. The quantitative estimate of drug-likeness (QED) is 0.193. The summed E-state index contributed by atoms with van der Waals surface area (Å²) in [6, 6.07) is 13.6. The van der Waals surface area contributed by atoms with Crippen LogP contribution in [0.25, 0.3) is 11.1 Å². The SMILES string of the molecule is CC(NC(=O)OCC1c2ccccc2-c2ccccc21)C(=O)N(C)C(C)C(NC(=O)OC(C)(C)C)C(=O)NCC1CC(O)C(n2ccc(=O)[nH]c2=O)O1. The molecular weight excluding hydrogens is 688 g/mol. The lowest BCUT2D eigenvalue weighted by Crippen LogP contribution is -2.60. The largest absolute Gasteiger partial charge is 0.449 e. The number of hydrogen-bond donors (Lipinski definition) is 5. The number of aromatic nitrogens is 2. The molecule has 1 fully saturated rings. The van der Waals surface area contributed by atoms with Gasteiger partial charge in [0.2, 0.25) is 11.8 Å². The van der Waals surface area contributed by atoms with Gasteiger partial charge in [-0.2, -0.15) is 0 Å². The monoisotopic (exact) mass is 734 g/mol. The highest BCUT2D eigenvalue weighted by Gasteiger charge is 2.38. The molecule has 2 heterocycles. The molecule has 6 atom stereocenters. The first kappa shape index (κ1) is 38.7. The molecule has 3 aromatic rings. The fourth-order valence-corrected chi connectivity index (χ4v) is 6.51. The van der Waals surface area contributed by atoms with Crippen molar-refractivity contribution in [3.05, 3.63) is 92.8 Å². The third-order valence-corrected chi connectivity index (χ3v) is 9.24. The topological polar surface area (TPSA) is 210 Å². The standard InChI is InChI=1S/C37H46N6O10/c1-20(39-35(49)51-19-27-25-13-9-7-11-23(25)24-12-8-10-14-26(24)27)32(47)42(6)21(2)30(41-36(50)53-37(3,4)5)31(46)38-18-22-17-28(44)33(52-22)43-16-15-29(45)40-34(43)48/h7-16,20-22,27-28,30,33,44H,17-19H2,1-6H3,(H,38,46)(H,39,49)(H,41,50)(H,40,45,48). The molecule has 2 aromatic carbocycles. The number of nitrogens with zero attached hydrogens (tertiary/aromatic N) is 2. The van der Waals surface area contributed by atoms with E-state index in [1.807, 2.05) is 48.5 Å². The van der Waals surface area contributed by atoms with Crippen molar-refractivity contribution in [1.82, 2.24) is 30.4 Å². The number of alkyl carbamates (subject to hydrolysis) is 2. The Bertz CT molecular complexity index is 1910. The number of aliphatic hydroxyl groups excluding tert-OH is 1. The number of fused-ring (bicyclic) bond motifs is 3. The Balaban J connectivity index is 1.20. The number of benzene rings is 2. The molecular formula is C37H46N6O10. The number of aliphatic hydroxyl groups is 1. The zero-order valence-electron chi connectivity index (χ0n) is 30.5. The molecule has 2 aliphatic rings. The number of aromatic amines is 1. The van der Waals surface area contributed by atoms with Gasteiger partial charge in [-0.15, -0.1) is 0 Å². The summed E-state index contributed by atoms with van der Waals surface area (Å²) in [6.45, 7) is 7.93. The molecule has 0 radical (unpaired) electrons. The second-order valence-electron chi connectivity index (χ2n) is 14.2. The Morgan fingerprint density at radius 1 is 0.981 bits per heavy atom. The molecule has 5 N–H and O–H groups in total. The van der Waals surface area contributed by atoms with Crippen molar-refractivity contribution in [2.24, 2.45) is 0 Å². The van der Waals surface area contributed by atoms with Gasteiger partial charge in [0, 0.05) is 38.2 Å². The highest BCUT2D eigenvalue weighted by atomic mass is 16.6. The minimum atomic E-state index is -1.33. The van der Waals surface area contributed by atoms with E-state index in [2.05, 4.69) is 20.9 Å². The van der Waals surface area contributed by atoms with Crippen LogP contribution >= 0.6 is 0 Å². The Kier molecular flexibility index (Phi) is 11.7. The molecule has 5 rings (SSSR count). The number of ether oxygens (including phenoxy) is 3. The molecule has 1 aromatic heterocycles. The van der Waals surface area contributed by atoms with E-state index in [9.17, 15) is 33.9 Å². The molecule has 284 valence electrons. The predicted molar refractivity (Wildman–Crippen MR) is 192 cm³/mol. The molecule has 6 unspecified atom stereocenters. The summed E-state index contributed by atoms with van der Waals surface area (Å²) < 4.78 is 17.8. The Morgan fingerprint density at radius 3 is 2.21 bits per heavy atom. The lowest BCUT2D eigenvalue weighted by molar-refractivity contribution is -0.135. The second kappa shape index (κ2) is 16.0. The molecule has 1 aliphatic heterocycles. The normalized spacial score (nSPS) is 19.6. The molecule has 16 heteroatoms. The van der Waals surface area contributed by atoms with Crippen LogP contribution in [0.3, 0.4) is 0 Å². The zero-order chi connectivity index (χ0) is 38.6. The minimum absolute atomic E-state index is 0.0493. The summed E-state index contributed by atoms with van der Waals surface area (Å²) in [5.41, 5.74) is 1.98. The van der Waals surface area contributed by atoms with Crippen LogP contribution < -0.4 is 27.2 Å². The number of hydrogen-bond acceptors (Lipinski definition) is 10. The highest BCUT2D eigenvalue weighted by Crippen LogP contribution is 2.44. The summed E-state index contributed by atoms with van der Waals surface area (Å²) in [5.74, 6) is -1.43. The predicted octanol–water partition coefficient (Wildman–Crippen LogP) is 1.97. The smallest absolute Gasteiger partial charge is 0.408 e. The number of nitrogens with one attached hydrogen (secondary N) is 4. The zero-order valence-corrected chi connectivity index (χ0v) is 30.5. The van der Waals surface area contributed by atoms with E-state index in [4.69, 9.17) is 14.2 Å². The Hall–Kier alpha value is -5.48. The van der Waals surface area contributed by atoms with E-state index < -0.39 is 77.4 Å². The summed E-state index contributed by atoms with van der Waals surface area (Å²) in [4.78, 5) is 80.0. The van der Waals surface area contributed by atoms with E-state index >= 15 is 0 Å². The third-order valence-electron chi connectivity index (χ3n) is 9.24. The lowest BCUT2D eigenvalue weighted by Gasteiger charge is -2.34. The molecule has 0 saturated carbocycles. The van der Waals surface area contributed by atoms with Gasteiger partial charge >= 0.3 is 17.9 Å². The van der Waals surface area contributed by atoms with Crippen LogP contribution in [0.1, 0.15) is 64.3 Å². The second-order valence-corrected chi connectivity index (χ2v) is 14.2. The van der Waals surface area contributed by atoms with E-state index in [1.165, 1.54) is 25.1 Å². The Labute approximate surface area is 305 Å². The maximum Gasteiger partial charge on any atom is 0.408 e. The van der Waals surface area contributed by atoms with Crippen LogP contribution in [0, 0.1) is 0 Å². The number of H-pyrrole nitrogens is 1. The van der Waals surface area contributed by atoms with Gasteiger partial charge in [0.25, 0.3) is 5.56 Å². The van der Waals surface area contributed by atoms with Gasteiger partial charge in [-0.3, -0.25) is 23.9 Å². The van der Waals surface area contributed by atoms with Crippen LogP contribution in [0.15, 0.2) is 70.4 Å². The first-order valence-electron chi connectivity index (χ1n) is 17.3. The van der Waals surface area contributed by atoms with Crippen molar-refractivity contribution in [3.63, 3.8) is 0 Å². The van der Waals surface area contributed by atoms with Crippen molar-refractivity contribution in [1.29, 1.82) is 0 Å². The number of likely N-dealkylation sites (N-methyl/N-ethyl adjacent to an activating group) is 1. The molecule has 0 spiro atoms. The lowest BCUT2D eigenvalue weighted by atomic mass is 9.98. The summed E-state index contributed by atoms with van der Waals surface area (Å²) >= 11 is 0. The number of rotatable bonds is 11. The van der Waals surface area contributed by atoms with Crippen molar-refractivity contribution in [2.75, 3.05) is 20.2 Å². The van der Waals surface area contributed by atoms with Crippen molar-refractivity contribution >= 4 is 24.0 Å². The van der Waals surface area contributed by atoms with Crippen molar-refractivity contribution in [2.45, 2.75) is 89.1 Å². The molecule has 16 nitrogen and oxygen atoms in total. The number of amides is 4. The van der Waals surface area contributed by atoms with Crippen LogP contribution in [0.5, 0.6) is 0 Å². The van der Waals surface area contributed by atoms with Gasteiger partial charge in [0.05, 0.1) is 12.1 Å². The van der Waals surface area contributed by atoms with E-state index in [0.717, 1.165) is 32.9 Å². The average molecular weight is 735 g/mol. The van der Waals surface area contributed by atoms with Gasteiger partial charge < -0.3 is 40.2 Å². The average Bonchev–Trinajstić information content (AvgIpc) is 3.63. The first-order chi connectivity index (χ1) is 25.0. The van der Waals surface area contributed by atoms with Crippen LogP contribution in [0.2, 0.25) is 0 Å². The van der Waals surface area contributed by atoms with E-state index in [1.54, 1.807) is 27.7 Å². The minimum Gasteiger partial charge on any atom is -0.449 e. The van der Waals surface area contributed by atoms with Gasteiger partial charge in [-0.05, 0) is 56.9 Å². The van der Waals surface area contributed by atoms with E-state index in [0.29, 0.717) is 0 Å².